The Bertz CT molecular complexity index is 1010. The minimum absolute atomic E-state index is 0.224. The molecule has 0 amide bonds. The van der Waals surface area contributed by atoms with E-state index in [1.807, 2.05) is 48.5 Å². The first-order chi connectivity index (χ1) is 14.8. The predicted octanol–water partition coefficient (Wildman–Crippen LogP) is 4.96. The molecular weight excluding hydrogens is 378 g/mol. The fourth-order valence-corrected chi connectivity index (χ4v) is 4.35. The zero-order valence-electron chi connectivity index (χ0n) is 17.0. The summed E-state index contributed by atoms with van der Waals surface area (Å²) in [6.45, 7) is 0.745. The van der Waals surface area contributed by atoms with Crippen molar-refractivity contribution in [1.82, 2.24) is 4.98 Å². The number of pyridine rings is 1. The summed E-state index contributed by atoms with van der Waals surface area (Å²) in [7, 11) is 0. The van der Waals surface area contributed by atoms with Crippen molar-refractivity contribution in [1.29, 1.82) is 0 Å². The maximum Gasteiger partial charge on any atom is 0.130 e. The molecule has 5 heteroatoms. The minimum Gasteiger partial charge on any atom is -0.490 e. The van der Waals surface area contributed by atoms with Gasteiger partial charge in [0.2, 0.25) is 0 Å². The standard InChI is InChI=1S/C25H27NO4/c27-25-21-14-20(28-15-18-11-10-17-6-4-5-9-22(17)26-18)12-13-23(21)29-16-24(25)30-19-7-2-1-3-8-19/h4-6,9-14,19,24-25,27H,1-3,7-8,15-16H2. The Hall–Kier alpha value is -2.63. The molecule has 2 heterocycles. The first-order valence-corrected chi connectivity index (χ1v) is 10.8. The molecule has 1 N–H and O–H groups in total. The Balaban J connectivity index is 1.27. The van der Waals surface area contributed by atoms with E-state index in [2.05, 4.69) is 11.1 Å². The molecular formula is C25H27NO4. The molecule has 1 aliphatic heterocycles. The summed E-state index contributed by atoms with van der Waals surface area (Å²) in [5.41, 5.74) is 2.54. The lowest BCUT2D eigenvalue weighted by Gasteiger charge is -2.34. The van der Waals surface area contributed by atoms with Crippen LogP contribution in [0.1, 0.15) is 49.5 Å². The molecule has 1 fully saturated rings. The first-order valence-electron chi connectivity index (χ1n) is 10.8. The van der Waals surface area contributed by atoms with E-state index in [1.165, 1.54) is 19.3 Å². The molecule has 30 heavy (non-hydrogen) atoms. The van der Waals surface area contributed by atoms with Crippen molar-refractivity contribution in [2.45, 2.75) is 57.0 Å². The molecule has 2 atom stereocenters. The van der Waals surface area contributed by atoms with Gasteiger partial charge in [-0.1, -0.05) is 43.5 Å². The van der Waals surface area contributed by atoms with E-state index < -0.39 is 6.10 Å². The van der Waals surface area contributed by atoms with Crippen molar-refractivity contribution in [3.05, 3.63) is 65.9 Å². The van der Waals surface area contributed by atoms with Crippen molar-refractivity contribution in [2.75, 3.05) is 6.61 Å². The number of aromatic nitrogens is 1. The SMILES string of the molecule is OC1c2cc(OCc3ccc4ccccc4n3)ccc2OCC1OC1CCCCC1. The number of nitrogens with zero attached hydrogens (tertiary/aromatic N) is 1. The van der Waals surface area contributed by atoms with Crippen LogP contribution in [0, 0.1) is 0 Å². The molecule has 0 spiro atoms. The van der Waals surface area contributed by atoms with E-state index in [4.69, 9.17) is 14.2 Å². The Morgan fingerprint density at radius 1 is 1.00 bits per heavy atom. The molecule has 2 unspecified atom stereocenters. The third-order valence-electron chi connectivity index (χ3n) is 6.02. The van der Waals surface area contributed by atoms with Gasteiger partial charge in [-0.3, -0.25) is 0 Å². The second-order valence-electron chi connectivity index (χ2n) is 8.17. The fourth-order valence-electron chi connectivity index (χ4n) is 4.35. The topological polar surface area (TPSA) is 60.8 Å². The molecule has 0 bridgehead atoms. The monoisotopic (exact) mass is 405 g/mol. The number of rotatable bonds is 5. The van der Waals surface area contributed by atoms with Gasteiger partial charge in [-0.2, -0.15) is 0 Å². The molecule has 0 radical (unpaired) electrons. The van der Waals surface area contributed by atoms with Crippen LogP contribution in [0.5, 0.6) is 11.5 Å². The van der Waals surface area contributed by atoms with Crippen molar-refractivity contribution >= 4 is 10.9 Å². The average Bonchev–Trinajstić information content (AvgIpc) is 2.80. The van der Waals surface area contributed by atoms with Crippen molar-refractivity contribution < 1.29 is 19.3 Å². The number of hydrogen-bond acceptors (Lipinski definition) is 5. The predicted molar refractivity (Wildman–Crippen MR) is 115 cm³/mol. The average molecular weight is 405 g/mol. The van der Waals surface area contributed by atoms with E-state index in [1.54, 1.807) is 0 Å². The molecule has 2 aliphatic rings. The zero-order valence-corrected chi connectivity index (χ0v) is 17.0. The third-order valence-corrected chi connectivity index (χ3v) is 6.02. The van der Waals surface area contributed by atoms with Gasteiger partial charge < -0.3 is 19.3 Å². The van der Waals surface area contributed by atoms with Gasteiger partial charge in [0, 0.05) is 10.9 Å². The smallest absolute Gasteiger partial charge is 0.130 e. The summed E-state index contributed by atoms with van der Waals surface area (Å²) in [5, 5.41) is 12.0. The van der Waals surface area contributed by atoms with Gasteiger partial charge in [-0.25, -0.2) is 4.98 Å². The molecule has 156 valence electrons. The van der Waals surface area contributed by atoms with Crippen LogP contribution in [0.3, 0.4) is 0 Å². The van der Waals surface area contributed by atoms with Crippen LogP contribution in [0.15, 0.2) is 54.6 Å². The summed E-state index contributed by atoms with van der Waals surface area (Å²) < 4.78 is 18.0. The molecule has 2 aromatic carbocycles. The number of benzene rings is 2. The highest BCUT2D eigenvalue weighted by Crippen LogP contribution is 2.37. The highest BCUT2D eigenvalue weighted by molar-refractivity contribution is 5.78. The van der Waals surface area contributed by atoms with Crippen LogP contribution >= 0.6 is 0 Å². The summed E-state index contributed by atoms with van der Waals surface area (Å²) in [4.78, 5) is 4.65. The van der Waals surface area contributed by atoms with E-state index in [0.717, 1.165) is 35.0 Å². The van der Waals surface area contributed by atoms with E-state index >= 15 is 0 Å². The van der Waals surface area contributed by atoms with Crippen molar-refractivity contribution in [3.8, 4) is 11.5 Å². The molecule has 5 rings (SSSR count). The summed E-state index contributed by atoms with van der Waals surface area (Å²) in [6, 6.07) is 17.7. The number of aliphatic hydroxyl groups excluding tert-OH is 1. The third kappa shape index (κ3) is 4.13. The molecule has 1 aliphatic carbocycles. The zero-order chi connectivity index (χ0) is 20.3. The van der Waals surface area contributed by atoms with Gasteiger partial charge in [0.1, 0.15) is 36.9 Å². The Labute approximate surface area is 176 Å². The van der Waals surface area contributed by atoms with Crippen LogP contribution < -0.4 is 9.47 Å². The van der Waals surface area contributed by atoms with Gasteiger partial charge in [-0.15, -0.1) is 0 Å². The number of para-hydroxylation sites is 1. The van der Waals surface area contributed by atoms with Crippen molar-refractivity contribution in [3.63, 3.8) is 0 Å². The maximum atomic E-state index is 10.9. The van der Waals surface area contributed by atoms with Crippen LogP contribution in [0.25, 0.3) is 10.9 Å². The molecule has 1 saturated carbocycles. The highest BCUT2D eigenvalue weighted by Gasteiger charge is 2.33. The van der Waals surface area contributed by atoms with Gasteiger partial charge >= 0.3 is 0 Å². The summed E-state index contributed by atoms with van der Waals surface area (Å²) >= 11 is 0. The number of hydrogen-bond donors (Lipinski definition) is 1. The lowest BCUT2D eigenvalue weighted by molar-refractivity contribution is -0.113. The summed E-state index contributed by atoms with van der Waals surface area (Å²) in [5.74, 6) is 1.38. The van der Waals surface area contributed by atoms with Gasteiger partial charge in [0.25, 0.3) is 0 Å². The largest absolute Gasteiger partial charge is 0.490 e. The lowest BCUT2D eigenvalue weighted by atomic mass is 9.96. The lowest BCUT2D eigenvalue weighted by Crippen LogP contribution is -2.37. The van der Waals surface area contributed by atoms with Crippen LogP contribution in [0.4, 0.5) is 0 Å². The van der Waals surface area contributed by atoms with Crippen molar-refractivity contribution in [2.24, 2.45) is 0 Å². The Morgan fingerprint density at radius 2 is 1.87 bits per heavy atom. The Morgan fingerprint density at radius 3 is 2.77 bits per heavy atom. The first kappa shape index (κ1) is 19.3. The highest BCUT2D eigenvalue weighted by atomic mass is 16.6. The van der Waals surface area contributed by atoms with Crippen LogP contribution in [-0.2, 0) is 11.3 Å². The summed E-state index contributed by atoms with van der Waals surface area (Å²) in [6.07, 6.45) is 4.99. The second kappa shape index (κ2) is 8.62. The van der Waals surface area contributed by atoms with Gasteiger partial charge in [0.05, 0.1) is 17.3 Å². The van der Waals surface area contributed by atoms with Crippen LogP contribution in [0.2, 0.25) is 0 Å². The number of fused-ring (bicyclic) bond motifs is 2. The normalized spacial score (nSPS) is 21.8. The van der Waals surface area contributed by atoms with Gasteiger partial charge in [0.15, 0.2) is 0 Å². The quantitative estimate of drug-likeness (QED) is 0.650. The fraction of sp³-hybridized carbons (Fsp3) is 0.400. The van der Waals surface area contributed by atoms with E-state index in [9.17, 15) is 5.11 Å². The maximum absolute atomic E-state index is 10.9. The van der Waals surface area contributed by atoms with Gasteiger partial charge in [-0.05, 0) is 43.2 Å². The molecule has 5 nitrogen and oxygen atoms in total. The minimum atomic E-state index is -0.710. The molecule has 3 aromatic rings. The Kier molecular flexibility index (Phi) is 5.56. The number of aliphatic hydroxyl groups is 1. The molecule has 0 saturated heterocycles. The second-order valence-corrected chi connectivity index (χ2v) is 8.17. The van der Waals surface area contributed by atoms with E-state index in [0.29, 0.717) is 24.7 Å². The molecule has 1 aromatic heterocycles. The van der Waals surface area contributed by atoms with E-state index in [-0.39, 0.29) is 12.2 Å². The van der Waals surface area contributed by atoms with Crippen LogP contribution in [-0.4, -0.2) is 28.9 Å². The number of ether oxygens (including phenoxy) is 3.